The molecule has 4 N–H and O–H groups in total. The van der Waals surface area contributed by atoms with Crippen molar-refractivity contribution >= 4 is 24.9 Å². The van der Waals surface area contributed by atoms with E-state index >= 15 is 0 Å². The van der Waals surface area contributed by atoms with Crippen LogP contribution in [0.4, 0.5) is 11.5 Å². The van der Waals surface area contributed by atoms with Gasteiger partial charge in [0.05, 0.1) is 5.71 Å². The number of benzene rings is 1. The van der Waals surface area contributed by atoms with Gasteiger partial charge in [-0.15, -0.1) is 0 Å². The zero-order valence-corrected chi connectivity index (χ0v) is 20.0. The van der Waals surface area contributed by atoms with Gasteiger partial charge in [0, 0.05) is 5.56 Å². The van der Waals surface area contributed by atoms with Gasteiger partial charge in [-0.1, -0.05) is 24.3 Å². The van der Waals surface area contributed by atoms with Crippen LogP contribution in [0, 0.1) is 0 Å². The summed E-state index contributed by atoms with van der Waals surface area (Å²) >= 11 is 0. The Morgan fingerprint density at radius 1 is 1.12 bits per heavy atom. The molecule has 2 aromatic rings. The molecule has 0 amide bonds. The Morgan fingerprint density at radius 3 is 2.41 bits per heavy atom. The highest BCUT2D eigenvalue weighted by Crippen LogP contribution is 2.58. The zero-order chi connectivity index (χ0) is 23.1. The minimum absolute atomic E-state index is 0.120. The number of ether oxygens (including phenoxy) is 1. The molecule has 8 heteroatoms. The second-order valence-corrected chi connectivity index (χ2v) is 12.2. The van der Waals surface area contributed by atoms with Crippen molar-refractivity contribution < 1.29 is 14.5 Å². The van der Waals surface area contributed by atoms with Gasteiger partial charge < -0.3 is 10.5 Å². The predicted octanol–water partition coefficient (Wildman–Crippen LogP) is 5.13. The molecule has 1 aromatic carbocycles. The number of nitrogens with zero attached hydrogens (tertiary/aromatic N) is 3. The molecule has 2 aliphatic rings. The molecule has 1 fully saturated rings. The van der Waals surface area contributed by atoms with Crippen LogP contribution in [-0.4, -0.2) is 36.7 Å². The van der Waals surface area contributed by atoms with Gasteiger partial charge in [-0.25, -0.2) is 19.8 Å². The second-order valence-electron chi connectivity index (χ2n) is 9.46. The van der Waals surface area contributed by atoms with Crippen molar-refractivity contribution in [1.29, 1.82) is 0 Å². The fourth-order valence-corrected chi connectivity index (χ4v) is 5.38. The molecule has 1 aromatic heterocycles. The number of fused-ring (bicyclic) bond motifs is 1. The van der Waals surface area contributed by atoms with E-state index in [2.05, 4.69) is 34.2 Å². The molecule has 7 nitrogen and oxygen atoms in total. The summed E-state index contributed by atoms with van der Waals surface area (Å²) in [6.45, 7) is 7.66. The molecule has 0 saturated heterocycles. The van der Waals surface area contributed by atoms with Crippen molar-refractivity contribution in [2.45, 2.75) is 70.6 Å². The standard InChI is InChI=1S/C24H32N4O3P/c1-15(2)32(29,30)13-16-5-7-17(8-6-16)18-9-11-19(12-10-18)21-24(3,4)31-23-20(28-21)22(25)26-14-27-23/h9-15,17,29-30H,5-8H2,1-4H3,(H2,25,26,27)/q+1. The average Bonchev–Trinajstić information content (AvgIpc) is 2.73. The fraction of sp³-hybridized carbons (Fsp3) is 0.458. The van der Waals surface area contributed by atoms with E-state index in [-0.39, 0.29) is 5.66 Å². The summed E-state index contributed by atoms with van der Waals surface area (Å²) < 4.78 is 6.08. The molecule has 170 valence electrons. The fourth-order valence-electron chi connectivity index (χ4n) is 4.29. The van der Waals surface area contributed by atoms with Crippen LogP contribution < -0.4 is 10.5 Å². The van der Waals surface area contributed by atoms with E-state index in [1.54, 1.807) is 5.82 Å². The van der Waals surface area contributed by atoms with Crippen LogP contribution in [0.1, 0.15) is 70.4 Å². The van der Waals surface area contributed by atoms with Gasteiger partial charge in [0.2, 0.25) is 5.88 Å². The van der Waals surface area contributed by atoms with Crippen molar-refractivity contribution in [2.24, 2.45) is 4.99 Å². The lowest BCUT2D eigenvalue weighted by atomic mass is 9.81. The monoisotopic (exact) mass is 455 g/mol. The number of hydrogen-bond donors (Lipinski definition) is 3. The summed E-state index contributed by atoms with van der Waals surface area (Å²) in [6.07, 6.45) is 5.23. The highest BCUT2D eigenvalue weighted by atomic mass is 31.2. The van der Waals surface area contributed by atoms with Crippen molar-refractivity contribution in [2.75, 3.05) is 5.73 Å². The van der Waals surface area contributed by atoms with E-state index < -0.39 is 13.3 Å². The first-order chi connectivity index (χ1) is 15.1. The van der Waals surface area contributed by atoms with Gasteiger partial charge in [-0.05, 0) is 70.4 Å². The molecule has 1 aliphatic carbocycles. The predicted molar refractivity (Wildman–Crippen MR) is 130 cm³/mol. The van der Waals surface area contributed by atoms with Gasteiger partial charge >= 0.3 is 0 Å². The molecule has 0 bridgehead atoms. The highest BCUT2D eigenvalue weighted by Gasteiger charge is 2.37. The van der Waals surface area contributed by atoms with Crippen molar-refractivity contribution in [1.82, 2.24) is 9.97 Å². The SMILES string of the molecule is CC(C)[P+](O)(O)C=C1CCC(c2ccc(C3=Nc4c(N)ncnc4OC3(C)C)cc2)CC1. The topological polar surface area (TPSA) is 114 Å². The third-order valence-corrected chi connectivity index (χ3v) is 8.64. The summed E-state index contributed by atoms with van der Waals surface area (Å²) in [5, 5.41) is 0. The number of anilines is 1. The van der Waals surface area contributed by atoms with E-state index in [0.717, 1.165) is 37.0 Å². The molecule has 0 unspecified atom stereocenters. The van der Waals surface area contributed by atoms with Crippen molar-refractivity contribution in [3.63, 3.8) is 0 Å². The highest BCUT2D eigenvalue weighted by molar-refractivity contribution is 7.68. The molecule has 1 aliphatic heterocycles. The van der Waals surface area contributed by atoms with Gasteiger partial charge in [-0.2, -0.15) is 4.98 Å². The first-order valence-electron chi connectivity index (χ1n) is 11.1. The van der Waals surface area contributed by atoms with Crippen LogP contribution in [0.3, 0.4) is 0 Å². The van der Waals surface area contributed by atoms with E-state index in [4.69, 9.17) is 15.5 Å². The number of allylic oxidation sites excluding steroid dienone is 1. The summed E-state index contributed by atoms with van der Waals surface area (Å²) in [4.78, 5) is 33.5. The number of nitrogen functional groups attached to an aromatic ring is 1. The number of rotatable bonds is 4. The number of aromatic nitrogens is 2. The quantitative estimate of drug-likeness (QED) is 0.551. The molecular formula is C24H32N4O3P+. The molecule has 0 spiro atoms. The molecule has 2 heterocycles. The molecular weight excluding hydrogens is 423 g/mol. The van der Waals surface area contributed by atoms with Gasteiger partial charge in [0.1, 0.15) is 23.4 Å². The van der Waals surface area contributed by atoms with Gasteiger partial charge in [0.25, 0.3) is 7.72 Å². The Balaban J connectivity index is 1.51. The summed E-state index contributed by atoms with van der Waals surface area (Å²) in [7, 11) is -2.94. The third kappa shape index (κ3) is 4.56. The molecule has 32 heavy (non-hydrogen) atoms. The van der Waals surface area contributed by atoms with Crippen LogP contribution in [0.2, 0.25) is 0 Å². The zero-order valence-electron chi connectivity index (χ0n) is 19.1. The van der Waals surface area contributed by atoms with Crippen LogP contribution in [-0.2, 0) is 0 Å². The largest absolute Gasteiger partial charge is 0.463 e. The number of aliphatic imine (C=N–C) groups is 1. The maximum Gasteiger partial charge on any atom is 0.295 e. The van der Waals surface area contributed by atoms with E-state index in [0.29, 0.717) is 23.3 Å². The maximum atomic E-state index is 10.3. The Kier molecular flexibility index (Phi) is 6.10. The van der Waals surface area contributed by atoms with Crippen LogP contribution in [0.5, 0.6) is 5.88 Å². The first kappa shape index (κ1) is 22.8. The smallest absolute Gasteiger partial charge is 0.295 e. The maximum absolute atomic E-state index is 10.3. The summed E-state index contributed by atoms with van der Waals surface area (Å²) in [5.74, 6) is 2.93. The Bertz CT molecular complexity index is 1050. The Hall–Kier alpha value is -2.34. The Labute approximate surface area is 190 Å². The molecule has 4 rings (SSSR count). The van der Waals surface area contributed by atoms with E-state index in [9.17, 15) is 9.79 Å². The third-order valence-electron chi connectivity index (χ3n) is 6.38. The van der Waals surface area contributed by atoms with Crippen molar-refractivity contribution in [3.8, 4) is 5.88 Å². The van der Waals surface area contributed by atoms with Crippen LogP contribution in [0.25, 0.3) is 0 Å². The Morgan fingerprint density at radius 2 is 1.78 bits per heavy atom. The molecule has 0 atom stereocenters. The number of nitrogens with two attached hydrogens (primary N) is 1. The minimum Gasteiger partial charge on any atom is -0.463 e. The lowest BCUT2D eigenvalue weighted by Gasteiger charge is -2.32. The van der Waals surface area contributed by atoms with Crippen LogP contribution in [0.15, 0.2) is 47.0 Å². The molecule has 1 saturated carbocycles. The van der Waals surface area contributed by atoms with Gasteiger partial charge in [0.15, 0.2) is 11.5 Å². The molecule has 0 radical (unpaired) electrons. The first-order valence-corrected chi connectivity index (χ1v) is 12.9. The number of hydrogen-bond acceptors (Lipinski definition) is 7. The van der Waals surface area contributed by atoms with Crippen LogP contribution >= 0.6 is 7.72 Å². The average molecular weight is 456 g/mol. The summed E-state index contributed by atoms with van der Waals surface area (Å²) in [6, 6.07) is 8.51. The van der Waals surface area contributed by atoms with E-state index in [1.807, 2.05) is 27.7 Å². The second kappa shape index (κ2) is 8.54. The van der Waals surface area contributed by atoms with Crippen molar-refractivity contribution in [3.05, 3.63) is 53.1 Å². The normalized spacial score (nSPS) is 20.4. The lowest BCUT2D eigenvalue weighted by molar-refractivity contribution is 0.171. The minimum atomic E-state index is -2.94. The van der Waals surface area contributed by atoms with E-state index in [1.165, 1.54) is 17.5 Å². The summed E-state index contributed by atoms with van der Waals surface area (Å²) in [5.41, 5.74) is 9.96. The lowest BCUT2D eigenvalue weighted by Crippen LogP contribution is -2.41. The van der Waals surface area contributed by atoms with Gasteiger partial charge in [-0.3, -0.25) is 0 Å².